The molecule has 3 aromatic rings. The van der Waals surface area contributed by atoms with Crippen molar-refractivity contribution >= 4 is 39.8 Å². The molecule has 0 saturated carbocycles. The molecule has 26 heavy (non-hydrogen) atoms. The van der Waals surface area contributed by atoms with Crippen LogP contribution in [0.4, 0.5) is 19.6 Å². The number of hydrogen-bond acceptors (Lipinski definition) is 6. The van der Waals surface area contributed by atoms with Gasteiger partial charge in [0.15, 0.2) is 4.34 Å². The van der Waals surface area contributed by atoms with Crippen LogP contribution in [0.3, 0.4) is 0 Å². The van der Waals surface area contributed by atoms with E-state index in [1.807, 2.05) is 30.3 Å². The van der Waals surface area contributed by atoms with E-state index >= 15 is 0 Å². The lowest BCUT2D eigenvalue weighted by molar-refractivity contribution is -0.113. The highest BCUT2D eigenvalue weighted by Crippen LogP contribution is 2.26. The number of nitrogens with one attached hydrogen (secondary N) is 2. The zero-order valence-electron chi connectivity index (χ0n) is 13.4. The van der Waals surface area contributed by atoms with E-state index in [1.165, 1.54) is 17.4 Å². The molecule has 1 aromatic heterocycles. The van der Waals surface area contributed by atoms with Gasteiger partial charge in [-0.25, -0.2) is 8.78 Å². The van der Waals surface area contributed by atoms with Gasteiger partial charge in [-0.3, -0.25) is 4.79 Å². The molecule has 134 valence electrons. The third-order valence-electron chi connectivity index (χ3n) is 3.25. The highest BCUT2D eigenvalue weighted by atomic mass is 32.2. The first-order chi connectivity index (χ1) is 12.6. The summed E-state index contributed by atoms with van der Waals surface area (Å²) >= 11 is 2.46. The van der Waals surface area contributed by atoms with Gasteiger partial charge in [-0.1, -0.05) is 59.5 Å². The Labute approximate surface area is 156 Å². The maximum Gasteiger partial charge on any atom is 0.234 e. The summed E-state index contributed by atoms with van der Waals surface area (Å²) in [5.41, 5.74) is 0.670. The molecule has 5 nitrogen and oxygen atoms in total. The number of halogens is 2. The first kappa shape index (κ1) is 18.3. The molecule has 0 radical (unpaired) electrons. The van der Waals surface area contributed by atoms with E-state index in [0.717, 1.165) is 29.5 Å². The van der Waals surface area contributed by atoms with Crippen molar-refractivity contribution in [1.82, 2.24) is 10.2 Å². The standard InChI is InChI=1S/C17H14F2N4OS2/c18-12-7-4-8-13(19)15(12)21-14(24)10-25-17-23-22-16(26-17)20-9-11-5-2-1-3-6-11/h1-8H,9-10H2,(H,20,22)(H,21,24). The number of anilines is 2. The fraction of sp³-hybridized carbons (Fsp3) is 0.118. The molecule has 0 bridgehead atoms. The van der Waals surface area contributed by atoms with Crippen molar-refractivity contribution in [2.24, 2.45) is 0 Å². The number of hydrogen-bond donors (Lipinski definition) is 2. The molecule has 0 atom stereocenters. The minimum atomic E-state index is -0.813. The number of carbonyl (C=O) groups is 1. The number of nitrogens with zero attached hydrogens (tertiary/aromatic N) is 2. The van der Waals surface area contributed by atoms with Crippen molar-refractivity contribution in [3.8, 4) is 0 Å². The van der Waals surface area contributed by atoms with Gasteiger partial charge in [-0.2, -0.15) is 0 Å². The average Bonchev–Trinajstić information content (AvgIpc) is 3.10. The minimum absolute atomic E-state index is 0.0267. The van der Waals surface area contributed by atoms with Gasteiger partial charge in [-0.05, 0) is 17.7 Å². The molecule has 0 aliphatic carbocycles. The van der Waals surface area contributed by atoms with Gasteiger partial charge in [0.1, 0.15) is 17.3 Å². The maximum absolute atomic E-state index is 13.5. The van der Waals surface area contributed by atoms with Crippen LogP contribution in [0.5, 0.6) is 0 Å². The number of thioether (sulfide) groups is 1. The van der Waals surface area contributed by atoms with Crippen molar-refractivity contribution in [1.29, 1.82) is 0 Å². The zero-order valence-corrected chi connectivity index (χ0v) is 15.0. The topological polar surface area (TPSA) is 66.9 Å². The molecule has 0 fully saturated rings. The predicted molar refractivity (Wildman–Crippen MR) is 99.4 cm³/mol. The Morgan fingerprint density at radius 3 is 2.50 bits per heavy atom. The van der Waals surface area contributed by atoms with Crippen molar-refractivity contribution in [3.63, 3.8) is 0 Å². The summed E-state index contributed by atoms with van der Waals surface area (Å²) in [6, 6.07) is 13.3. The van der Waals surface area contributed by atoms with E-state index in [2.05, 4.69) is 20.8 Å². The van der Waals surface area contributed by atoms with Gasteiger partial charge in [0.25, 0.3) is 0 Å². The van der Waals surface area contributed by atoms with Crippen molar-refractivity contribution in [3.05, 3.63) is 65.7 Å². The Hall–Kier alpha value is -2.52. The quantitative estimate of drug-likeness (QED) is 0.591. The molecule has 0 aliphatic heterocycles. The summed E-state index contributed by atoms with van der Waals surface area (Å²) in [6.07, 6.45) is 0. The van der Waals surface area contributed by atoms with Crippen molar-refractivity contribution in [2.75, 3.05) is 16.4 Å². The van der Waals surface area contributed by atoms with Crippen molar-refractivity contribution in [2.45, 2.75) is 10.9 Å². The van der Waals surface area contributed by atoms with Crippen LogP contribution in [0.2, 0.25) is 0 Å². The molecule has 1 amide bonds. The number of rotatable bonds is 7. The van der Waals surface area contributed by atoms with Gasteiger partial charge in [-0.15, -0.1) is 10.2 Å². The van der Waals surface area contributed by atoms with Crippen LogP contribution < -0.4 is 10.6 Å². The highest BCUT2D eigenvalue weighted by Gasteiger charge is 2.13. The van der Waals surface area contributed by atoms with E-state index in [0.29, 0.717) is 16.0 Å². The number of carbonyl (C=O) groups excluding carboxylic acids is 1. The third-order valence-corrected chi connectivity index (χ3v) is 5.26. The van der Waals surface area contributed by atoms with E-state index in [9.17, 15) is 13.6 Å². The Balaban J connectivity index is 1.49. The van der Waals surface area contributed by atoms with Gasteiger partial charge >= 0.3 is 0 Å². The molecule has 0 spiro atoms. The normalized spacial score (nSPS) is 10.5. The second kappa shape index (κ2) is 8.72. The molecule has 9 heteroatoms. The van der Waals surface area contributed by atoms with Crippen LogP contribution in [-0.4, -0.2) is 21.9 Å². The Bertz CT molecular complexity index is 869. The fourth-order valence-corrected chi connectivity index (χ4v) is 3.58. The predicted octanol–water partition coefficient (Wildman–Crippen LogP) is 4.16. The zero-order chi connectivity index (χ0) is 18.4. The number of benzene rings is 2. The second-order valence-electron chi connectivity index (χ2n) is 5.15. The fourth-order valence-electron chi connectivity index (χ4n) is 2.03. The highest BCUT2D eigenvalue weighted by molar-refractivity contribution is 8.01. The molecule has 1 heterocycles. The van der Waals surface area contributed by atoms with Crippen LogP contribution in [0.25, 0.3) is 0 Å². The lowest BCUT2D eigenvalue weighted by Gasteiger charge is -2.06. The largest absolute Gasteiger partial charge is 0.356 e. The van der Waals surface area contributed by atoms with Crippen molar-refractivity contribution < 1.29 is 13.6 Å². The van der Waals surface area contributed by atoms with E-state index in [1.54, 1.807) is 0 Å². The third kappa shape index (κ3) is 4.99. The van der Waals surface area contributed by atoms with Crippen LogP contribution >= 0.6 is 23.1 Å². The summed E-state index contributed by atoms with van der Waals surface area (Å²) in [5, 5.41) is 14.0. The van der Waals surface area contributed by atoms with Crippen LogP contribution in [0.1, 0.15) is 5.56 Å². The summed E-state index contributed by atoms with van der Waals surface area (Å²) < 4.78 is 27.6. The number of para-hydroxylation sites is 1. The first-order valence-electron chi connectivity index (χ1n) is 7.60. The lowest BCUT2D eigenvalue weighted by Crippen LogP contribution is -2.16. The van der Waals surface area contributed by atoms with Gasteiger partial charge in [0.2, 0.25) is 11.0 Å². The lowest BCUT2D eigenvalue weighted by atomic mass is 10.2. The summed E-state index contributed by atoms with van der Waals surface area (Å²) in [6.45, 7) is 0.618. The molecule has 3 rings (SSSR count). The van der Waals surface area contributed by atoms with E-state index in [-0.39, 0.29) is 5.75 Å². The van der Waals surface area contributed by atoms with Crippen LogP contribution in [0, 0.1) is 11.6 Å². The molecule has 0 saturated heterocycles. The summed E-state index contributed by atoms with van der Waals surface area (Å²) in [4.78, 5) is 11.9. The molecular weight excluding hydrogens is 378 g/mol. The van der Waals surface area contributed by atoms with Crippen LogP contribution in [0.15, 0.2) is 52.9 Å². The molecule has 2 aromatic carbocycles. The van der Waals surface area contributed by atoms with Gasteiger partial charge in [0.05, 0.1) is 5.75 Å². The molecular formula is C17H14F2N4OS2. The smallest absolute Gasteiger partial charge is 0.234 e. The second-order valence-corrected chi connectivity index (χ2v) is 7.35. The van der Waals surface area contributed by atoms with Crippen LogP contribution in [-0.2, 0) is 11.3 Å². The summed E-state index contributed by atoms with van der Waals surface area (Å²) in [5.74, 6) is -2.17. The Morgan fingerprint density at radius 2 is 1.77 bits per heavy atom. The molecule has 0 unspecified atom stereocenters. The summed E-state index contributed by atoms with van der Waals surface area (Å²) in [7, 11) is 0. The number of amides is 1. The van der Waals surface area contributed by atoms with Gasteiger partial charge < -0.3 is 10.6 Å². The average molecular weight is 392 g/mol. The number of aromatic nitrogens is 2. The van der Waals surface area contributed by atoms with E-state index in [4.69, 9.17) is 0 Å². The monoisotopic (exact) mass is 392 g/mol. The Kier molecular flexibility index (Phi) is 6.13. The minimum Gasteiger partial charge on any atom is -0.356 e. The molecule has 0 aliphatic rings. The van der Waals surface area contributed by atoms with Gasteiger partial charge in [0, 0.05) is 6.54 Å². The van der Waals surface area contributed by atoms with E-state index < -0.39 is 23.2 Å². The molecule has 2 N–H and O–H groups in total. The first-order valence-corrected chi connectivity index (χ1v) is 9.40. The Morgan fingerprint density at radius 1 is 1.04 bits per heavy atom. The SMILES string of the molecule is O=C(CSc1nnc(NCc2ccccc2)s1)Nc1c(F)cccc1F. The maximum atomic E-state index is 13.5.